The molecule has 0 atom stereocenters. The minimum Gasteiger partial charge on any atom is -0.478 e. The topological polar surface area (TPSA) is 74.6 Å². The number of hydrogen-bond donors (Lipinski definition) is 2. The lowest BCUT2D eigenvalue weighted by Gasteiger charge is -2.11. The first kappa shape index (κ1) is 14.2. The van der Waals surface area contributed by atoms with Crippen molar-refractivity contribution in [2.24, 2.45) is 0 Å². The van der Waals surface area contributed by atoms with Crippen molar-refractivity contribution in [3.63, 3.8) is 0 Å². The summed E-state index contributed by atoms with van der Waals surface area (Å²) in [4.78, 5) is 22.6. The molecule has 0 amide bonds. The summed E-state index contributed by atoms with van der Waals surface area (Å²) in [5, 5.41) is 23.9. The molecule has 0 aromatic heterocycles. The van der Waals surface area contributed by atoms with E-state index in [-0.39, 0.29) is 11.1 Å². The first-order valence-electron chi connectivity index (χ1n) is 7.41. The van der Waals surface area contributed by atoms with Gasteiger partial charge in [-0.05, 0) is 56.6 Å². The van der Waals surface area contributed by atoms with Gasteiger partial charge < -0.3 is 10.2 Å². The van der Waals surface area contributed by atoms with Gasteiger partial charge in [-0.3, -0.25) is 0 Å². The Labute approximate surface area is 136 Å². The first-order chi connectivity index (χ1) is 11.6. The average molecular weight is 316 g/mol. The van der Waals surface area contributed by atoms with Crippen LogP contribution in [0.5, 0.6) is 0 Å². The Balaban J connectivity index is 2.25. The van der Waals surface area contributed by atoms with Crippen molar-refractivity contribution in [1.82, 2.24) is 0 Å². The van der Waals surface area contributed by atoms with Crippen LogP contribution in [-0.4, -0.2) is 22.2 Å². The van der Waals surface area contributed by atoms with E-state index < -0.39 is 11.9 Å². The van der Waals surface area contributed by atoms with E-state index in [0.717, 1.165) is 32.3 Å². The maximum absolute atomic E-state index is 11.3. The van der Waals surface area contributed by atoms with Gasteiger partial charge in [0.2, 0.25) is 0 Å². The van der Waals surface area contributed by atoms with Crippen molar-refractivity contribution in [2.45, 2.75) is 0 Å². The number of aromatic carboxylic acids is 2. The van der Waals surface area contributed by atoms with E-state index in [1.807, 2.05) is 24.3 Å². The lowest BCUT2D eigenvalue weighted by Crippen LogP contribution is -1.97. The van der Waals surface area contributed by atoms with Crippen LogP contribution in [0.15, 0.2) is 60.7 Å². The SMILES string of the molecule is O=C(O)c1ccc2c3ccc(C(=O)O)cc3c3ccccc3c2c1. The highest BCUT2D eigenvalue weighted by Crippen LogP contribution is 2.35. The molecular formula is C20H12O4. The minimum atomic E-state index is -0.970. The molecule has 0 aliphatic rings. The van der Waals surface area contributed by atoms with E-state index in [1.165, 1.54) is 0 Å². The fourth-order valence-corrected chi connectivity index (χ4v) is 3.22. The van der Waals surface area contributed by atoms with Crippen LogP contribution in [0.4, 0.5) is 0 Å². The molecule has 4 rings (SSSR count). The highest BCUT2D eigenvalue weighted by molar-refractivity contribution is 6.26. The Morgan fingerprint density at radius 3 is 1.29 bits per heavy atom. The Bertz CT molecular complexity index is 1050. The van der Waals surface area contributed by atoms with Crippen LogP contribution in [-0.2, 0) is 0 Å². The average Bonchev–Trinajstić information content (AvgIpc) is 2.61. The van der Waals surface area contributed by atoms with E-state index in [1.54, 1.807) is 36.4 Å². The summed E-state index contributed by atoms with van der Waals surface area (Å²) >= 11 is 0. The van der Waals surface area contributed by atoms with Crippen molar-refractivity contribution in [2.75, 3.05) is 0 Å². The summed E-state index contributed by atoms with van der Waals surface area (Å²) in [5.41, 5.74) is 0.461. The fraction of sp³-hybridized carbons (Fsp3) is 0. The monoisotopic (exact) mass is 316 g/mol. The van der Waals surface area contributed by atoms with Crippen molar-refractivity contribution in [1.29, 1.82) is 0 Å². The summed E-state index contributed by atoms with van der Waals surface area (Å²) in [7, 11) is 0. The molecule has 4 heteroatoms. The number of carbonyl (C=O) groups is 2. The van der Waals surface area contributed by atoms with Crippen LogP contribution >= 0.6 is 0 Å². The van der Waals surface area contributed by atoms with E-state index >= 15 is 0 Å². The minimum absolute atomic E-state index is 0.231. The molecular weight excluding hydrogens is 304 g/mol. The van der Waals surface area contributed by atoms with Crippen LogP contribution in [0.2, 0.25) is 0 Å². The van der Waals surface area contributed by atoms with Crippen LogP contribution in [0, 0.1) is 0 Å². The number of fused-ring (bicyclic) bond motifs is 6. The van der Waals surface area contributed by atoms with Crippen LogP contribution in [0.3, 0.4) is 0 Å². The molecule has 0 saturated heterocycles. The van der Waals surface area contributed by atoms with Gasteiger partial charge in [-0.2, -0.15) is 0 Å². The largest absolute Gasteiger partial charge is 0.478 e. The fourth-order valence-electron chi connectivity index (χ4n) is 3.22. The van der Waals surface area contributed by atoms with Gasteiger partial charge >= 0.3 is 11.9 Å². The zero-order valence-electron chi connectivity index (χ0n) is 12.5. The second kappa shape index (κ2) is 5.06. The summed E-state index contributed by atoms with van der Waals surface area (Å²) in [5.74, 6) is -1.94. The Kier molecular flexibility index (Phi) is 3.00. The normalized spacial score (nSPS) is 11.2. The highest BCUT2D eigenvalue weighted by atomic mass is 16.4. The van der Waals surface area contributed by atoms with Crippen LogP contribution < -0.4 is 0 Å². The van der Waals surface area contributed by atoms with Gasteiger partial charge in [-0.15, -0.1) is 0 Å². The van der Waals surface area contributed by atoms with Crippen molar-refractivity contribution < 1.29 is 19.8 Å². The molecule has 0 aliphatic carbocycles. The third-order valence-electron chi connectivity index (χ3n) is 4.33. The number of carboxylic acids is 2. The van der Waals surface area contributed by atoms with E-state index in [9.17, 15) is 19.8 Å². The standard InChI is InChI=1S/C20H12O4/c21-19(22)11-5-7-15-16-8-6-12(20(23)24)10-18(16)14-4-2-1-3-13(14)17(15)9-11/h1-10H,(H,21,22)(H,23,24). The third kappa shape index (κ3) is 2.01. The van der Waals surface area contributed by atoms with E-state index in [4.69, 9.17) is 0 Å². The lowest BCUT2D eigenvalue weighted by atomic mass is 9.92. The van der Waals surface area contributed by atoms with Gasteiger partial charge in [0.25, 0.3) is 0 Å². The molecule has 0 heterocycles. The summed E-state index contributed by atoms with van der Waals surface area (Å²) in [6.45, 7) is 0. The molecule has 0 saturated carbocycles. The molecule has 0 aliphatic heterocycles. The van der Waals surface area contributed by atoms with Crippen molar-refractivity contribution in [3.05, 3.63) is 71.8 Å². The van der Waals surface area contributed by atoms with Gasteiger partial charge in [-0.25, -0.2) is 9.59 Å². The molecule has 0 bridgehead atoms. The molecule has 0 spiro atoms. The molecule has 2 N–H and O–H groups in total. The predicted molar refractivity (Wildman–Crippen MR) is 92.9 cm³/mol. The second-order valence-corrected chi connectivity index (χ2v) is 5.68. The maximum Gasteiger partial charge on any atom is 0.335 e. The highest BCUT2D eigenvalue weighted by Gasteiger charge is 2.13. The van der Waals surface area contributed by atoms with Crippen molar-refractivity contribution >= 4 is 44.3 Å². The summed E-state index contributed by atoms with van der Waals surface area (Å²) < 4.78 is 0. The molecule has 0 unspecified atom stereocenters. The number of benzene rings is 4. The molecule has 4 aromatic rings. The number of hydrogen-bond acceptors (Lipinski definition) is 2. The Hall–Kier alpha value is -3.40. The summed E-state index contributed by atoms with van der Waals surface area (Å²) in [6.07, 6.45) is 0. The van der Waals surface area contributed by atoms with Crippen LogP contribution in [0.25, 0.3) is 32.3 Å². The second-order valence-electron chi connectivity index (χ2n) is 5.68. The molecule has 24 heavy (non-hydrogen) atoms. The zero-order chi connectivity index (χ0) is 16.8. The molecule has 0 fully saturated rings. The van der Waals surface area contributed by atoms with Crippen LogP contribution in [0.1, 0.15) is 20.7 Å². The van der Waals surface area contributed by atoms with Gasteiger partial charge in [0, 0.05) is 0 Å². The molecule has 4 nitrogen and oxygen atoms in total. The summed E-state index contributed by atoms with van der Waals surface area (Å²) in [6, 6.07) is 17.7. The smallest absolute Gasteiger partial charge is 0.335 e. The van der Waals surface area contributed by atoms with E-state index in [0.29, 0.717) is 0 Å². The number of rotatable bonds is 2. The van der Waals surface area contributed by atoms with Gasteiger partial charge in [0.05, 0.1) is 11.1 Å². The van der Waals surface area contributed by atoms with Crippen molar-refractivity contribution in [3.8, 4) is 0 Å². The van der Waals surface area contributed by atoms with Gasteiger partial charge in [0.15, 0.2) is 0 Å². The molecule has 0 radical (unpaired) electrons. The van der Waals surface area contributed by atoms with Gasteiger partial charge in [0.1, 0.15) is 0 Å². The zero-order valence-corrected chi connectivity index (χ0v) is 12.5. The lowest BCUT2D eigenvalue weighted by molar-refractivity contribution is 0.0686. The quantitative estimate of drug-likeness (QED) is 0.532. The van der Waals surface area contributed by atoms with Gasteiger partial charge in [-0.1, -0.05) is 36.4 Å². The Morgan fingerprint density at radius 2 is 0.917 bits per heavy atom. The molecule has 116 valence electrons. The Morgan fingerprint density at radius 1 is 0.542 bits per heavy atom. The number of carboxylic acid groups (broad SMARTS) is 2. The third-order valence-corrected chi connectivity index (χ3v) is 4.33. The van der Waals surface area contributed by atoms with E-state index in [2.05, 4.69) is 0 Å². The predicted octanol–water partition coefficient (Wildman–Crippen LogP) is 4.54. The maximum atomic E-state index is 11.3. The molecule has 4 aromatic carbocycles. The first-order valence-corrected chi connectivity index (χ1v) is 7.41.